The molecule has 2 aromatic heterocycles. The lowest BCUT2D eigenvalue weighted by Crippen LogP contribution is -2.13. The van der Waals surface area contributed by atoms with E-state index >= 15 is 0 Å². The fourth-order valence-electron chi connectivity index (χ4n) is 3.06. The number of nitrogens with one attached hydrogen (secondary N) is 1. The summed E-state index contributed by atoms with van der Waals surface area (Å²) in [6.45, 7) is 4.59. The fraction of sp³-hybridized carbons (Fsp3) is 0.217. The van der Waals surface area contributed by atoms with E-state index in [0.717, 1.165) is 39.3 Å². The third-order valence-corrected chi connectivity index (χ3v) is 7.19. The van der Waals surface area contributed by atoms with Gasteiger partial charge in [0, 0.05) is 11.8 Å². The summed E-state index contributed by atoms with van der Waals surface area (Å²) in [6.07, 6.45) is 3.76. The van der Waals surface area contributed by atoms with Crippen LogP contribution in [-0.2, 0) is 10.0 Å². The Bertz CT molecular complexity index is 1270. The van der Waals surface area contributed by atoms with Gasteiger partial charge in [0.15, 0.2) is 0 Å². The number of aryl methyl sites for hydroxylation is 1. The molecule has 0 aliphatic carbocycles. The topological polar surface area (TPSA) is 81.2 Å². The number of thiazole rings is 1. The molecule has 0 aliphatic rings. The number of ether oxygens (including phenoxy) is 1. The Kier molecular flexibility index (Phi) is 6.20. The van der Waals surface area contributed by atoms with Gasteiger partial charge in [-0.2, -0.15) is 0 Å². The highest BCUT2D eigenvalue weighted by atomic mass is 32.2. The summed E-state index contributed by atoms with van der Waals surface area (Å²) in [7, 11) is -3.70. The van der Waals surface area contributed by atoms with E-state index in [1.54, 1.807) is 36.5 Å². The van der Waals surface area contributed by atoms with Crippen LogP contribution in [-0.4, -0.2) is 25.0 Å². The van der Waals surface area contributed by atoms with Gasteiger partial charge in [-0.15, -0.1) is 0 Å². The first kappa shape index (κ1) is 21.3. The van der Waals surface area contributed by atoms with Crippen molar-refractivity contribution in [2.24, 2.45) is 0 Å². The summed E-state index contributed by atoms with van der Waals surface area (Å²) >= 11 is 1.51. The average molecular weight is 454 g/mol. The van der Waals surface area contributed by atoms with Crippen LogP contribution in [0, 0.1) is 6.92 Å². The molecule has 1 N–H and O–H groups in total. The first-order valence-electron chi connectivity index (χ1n) is 10.0. The maximum atomic E-state index is 12.8. The predicted octanol–water partition coefficient (Wildman–Crippen LogP) is 5.65. The minimum Gasteiger partial charge on any atom is -0.494 e. The molecule has 0 atom stereocenters. The molecule has 31 heavy (non-hydrogen) atoms. The number of sulfonamides is 1. The number of unbranched alkanes of at least 4 members (excludes halogenated alkanes) is 1. The molecule has 0 saturated carbocycles. The Morgan fingerprint density at radius 1 is 1.10 bits per heavy atom. The molecule has 0 bridgehead atoms. The van der Waals surface area contributed by atoms with Gasteiger partial charge in [0.25, 0.3) is 10.0 Å². The van der Waals surface area contributed by atoms with Crippen LogP contribution in [0.1, 0.15) is 25.3 Å². The molecule has 4 aromatic rings. The van der Waals surface area contributed by atoms with Gasteiger partial charge in [0.1, 0.15) is 21.1 Å². The lowest BCUT2D eigenvalue weighted by atomic mass is 10.1. The van der Waals surface area contributed by atoms with Crippen LogP contribution < -0.4 is 9.46 Å². The fourth-order valence-corrected chi connectivity index (χ4v) is 5.09. The molecule has 0 radical (unpaired) electrons. The normalized spacial score (nSPS) is 11.5. The van der Waals surface area contributed by atoms with Gasteiger partial charge < -0.3 is 4.74 Å². The average Bonchev–Trinajstić information content (AvgIpc) is 3.20. The van der Waals surface area contributed by atoms with Crippen LogP contribution in [0.4, 0.5) is 5.69 Å². The van der Waals surface area contributed by atoms with Crippen molar-refractivity contribution in [2.75, 3.05) is 11.3 Å². The zero-order chi connectivity index (χ0) is 21.8. The number of nitrogens with zero attached hydrogens (tertiary/aromatic N) is 2. The van der Waals surface area contributed by atoms with Gasteiger partial charge in [-0.05, 0) is 73.5 Å². The number of benzene rings is 2. The third kappa shape index (κ3) is 4.86. The van der Waals surface area contributed by atoms with Gasteiger partial charge >= 0.3 is 0 Å². The molecule has 6 nitrogen and oxygen atoms in total. The molecule has 2 heterocycles. The van der Waals surface area contributed by atoms with E-state index in [4.69, 9.17) is 4.74 Å². The third-order valence-electron chi connectivity index (χ3n) is 4.78. The number of fused-ring (bicyclic) bond motifs is 1. The molecule has 0 saturated heterocycles. The number of hydrogen-bond acceptors (Lipinski definition) is 6. The monoisotopic (exact) mass is 453 g/mol. The van der Waals surface area contributed by atoms with E-state index in [2.05, 4.69) is 21.6 Å². The molecule has 4 rings (SSSR count). The molecule has 0 aliphatic heterocycles. The van der Waals surface area contributed by atoms with Crippen LogP contribution in [0.25, 0.3) is 20.9 Å². The van der Waals surface area contributed by atoms with Crippen molar-refractivity contribution in [3.8, 4) is 16.3 Å². The molecule has 0 spiro atoms. The summed E-state index contributed by atoms with van der Waals surface area (Å²) in [5, 5.41) is 0.852. The molecular formula is C23H23N3O3S2. The Balaban J connectivity index is 1.52. The van der Waals surface area contributed by atoms with Gasteiger partial charge in [-0.3, -0.25) is 4.72 Å². The molecule has 0 fully saturated rings. The largest absolute Gasteiger partial charge is 0.494 e. The van der Waals surface area contributed by atoms with Gasteiger partial charge in [0.2, 0.25) is 0 Å². The van der Waals surface area contributed by atoms with Crippen molar-refractivity contribution in [2.45, 2.75) is 31.6 Å². The molecule has 2 aromatic carbocycles. The summed E-state index contributed by atoms with van der Waals surface area (Å²) in [5.41, 5.74) is 3.13. The van der Waals surface area contributed by atoms with Crippen molar-refractivity contribution < 1.29 is 13.2 Å². The molecule has 160 valence electrons. The zero-order valence-electron chi connectivity index (χ0n) is 17.3. The van der Waals surface area contributed by atoms with Gasteiger partial charge in [0.05, 0.1) is 17.2 Å². The van der Waals surface area contributed by atoms with Gasteiger partial charge in [-0.25, -0.2) is 18.4 Å². The number of anilines is 1. The van der Waals surface area contributed by atoms with E-state index in [-0.39, 0.29) is 4.90 Å². The summed E-state index contributed by atoms with van der Waals surface area (Å²) in [4.78, 5) is 10.0. The highest BCUT2D eigenvalue weighted by Crippen LogP contribution is 2.31. The Hall–Kier alpha value is -2.97. The number of hydrogen-bond donors (Lipinski definition) is 1. The number of rotatable bonds is 8. The van der Waals surface area contributed by atoms with E-state index in [1.165, 1.54) is 11.3 Å². The summed E-state index contributed by atoms with van der Waals surface area (Å²) in [6, 6.07) is 15.8. The lowest BCUT2D eigenvalue weighted by Gasteiger charge is -2.12. The quantitative estimate of drug-likeness (QED) is 0.349. The molecule has 8 heteroatoms. The molecular weight excluding hydrogens is 430 g/mol. The lowest BCUT2D eigenvalue weighted by molar-refractivity contribution is 0.309. The SMILES string of the molecule is CCCCOc1ccc(S(=O)(=O)Nc2ccc(-c3nc4cccnc4s3)cc2C)cc1. The first-order valence-corrected chi connectivity index (χ1v) is 12.3. The predicted molar refractivity (Wildman–Crippen MR) is 125 cm³/mol. The number of aromatic nitrogens is 2. The Labute approximate surface area is 186 Å². The summed E-state index contributed by atoms with van der Waals surface area (Å²) < 4.78 is 33.9. The highest BCUT2D eigenvalue weighted by molar-refractivity contribution is 7.92. The van der Waals surface area contributed by atoms with Crippen LogP contribution in [0.15, 0.2) is 65.7 Å². The molecule has 0 amide bonds. The van der Waals surface area contributed by atoms with Crippen LogP contribution in [0.3, 0.4) is 0 Å². The van der Waals surface area contributed by atoms with E-state index < -0.39 is 10.0 Å². The first-order chi connectivity index (χ1) is 15.0. The van der Waals surface area contributed by atoms with Crippen molar-refractivity contribution in [1.82, 2.24) is 9.97 Å². The van der Waals surface area contributed by atoms with Gasteiger partial charge in [-0.1, -0.05) is 24.7 Å². The van der Waals surface area contributed by atoms with E-state index in [9.17, 15) is 8.42 Å². The highest BCUT2D eigenvalue weighted by Gasteiger charge is 2.16. The van der Waals surface area contributed by atoms with E-state index in [1.807, 2.05) is 31.2 Å². The standard InChI is InChI=1S/C23H23N3O3S2/c1-3-4-14-29-18-8-10-19(11-9-18)31(27,28)26-20-12-7-17(15-16(20)2)22-25-21-6-5-13-24-23(21)30-22/h5-13,15,26H,3-4,14H2,1-2H3. The van der Waals surface area contributed by atoms with Crippen molar-refractivity contribution in [3.05, 3.63) is 66.4 Å². The van der Waals surface area contributed by atoms with E-state index in [0.29, 0.717) is 18.0 Å². The summed E-state index contributed by atoms with van der Waals surface area (Å²) in [5.74, 6) is 0.665. The second kappa shape index (κ2) is 9.03. The second-order valence-electron chi connectivity index (χ2n) is 7.16. The van der Waals surface area contributed by atoms with Crippen LogP contribution in [0.5, 0.6) is 5.75 Å². The molecule has 0 unspecified atom stereocenters. The second-order valence-corrected chi connectivity index (χ2v) is 9.82. The number of pyridine rings is 1. The van der Waals surface area contributed by atoms with Crippen LogP contribution >= 0.6 is 11.3 Å². The van der Waals surface area contributed by atoms with Crippen LogP contribution in [0.2, 0.25) is 0 Å². The van der Waals surface area contributed by atoms with Crippen molar-refractivity contribution >= 4 is 37.4 Å². The minimum absolute atomic E-state index is 0.191. The smallest absolute Gasteiger partial charge is 0.261 e. The maximum Gasteiger partial charge on any atom is 0.261 e. The minimum atomic E-state index is -3.70. The Morgan fingerprint density at radius 3 is 2.61 bits per heavy atom. The zero-order valence-corrected chi connectivity index (χ0v) is 19.0. The Morgan fingerprint density at radius 2 is 1.90 bits per heavy atom. The van der Waals surface area contributed by atoms with Crippen molar-refractivity contribution in [1.29, 1.82) is 0 Å². The van der Waals surface area contributed by atoms with Crippen molar-refractivity contribution in [3.63, 3.8) is 0 Å². The maximum absolute atomic E-state index is 12.8.